The van der Waals surface area contributed by atoms with Crippen LogP contribution < -0.4 is 5.32 Å². The lowest BCUT2D eigenvalue weighted by Crippen LogP contribution is -2.40. The lowest BCUT2D eigenvalue weighted by Gasteiger charge is -2.35. The standard InChI is InChI=1S/C13H22N2O/c1-14-7-5-13-4-2-3-8-15(13)10-12-6-9-16-11-12/h6,9,11,13-14H,2-5,7-8,10H2,1H3. The lowest BCUT2D eigenvalue weighted by atomic mass is 9.99. The van der Waals surface area contributed by atoms with E-state index in [1.807, 2.05) is 13.3 Å². The predicted octanol–water partition coefficient (Wildman–Crippen LogP) is 2.24. The van der Waals surface area contributed by atoms with E-state index in [9.17, 15) is 0 Å². The highest BCUT2D eigenvalue weighted by molar-refractivity contribution is 5.05. The van der Waals surface area contributed by atoms with Crippen molar-refractivity contribution in [2.75, 3.05) is 20.1 Å². The minimum atomic E-state index is 0.746. The van der Waals surface area contributed by atoms with Crippen LogP contribution in [0.3, 0.4) is 0 Å². The van der Waals surface area contributed by atoms with Crippen LogP contribution in [0.15, 0.2) is 23.0 Å². The number of furan rings is 1. The van der Waals surface area contributed by atoms with Gasteiger partial charge in [0, 0.05) is 18.2 Å². The summed E-state index contributed by atoms with van der Waals surface area (Å²) in [5.41, 5.74) is 1.30. The van der Waals surface area contributed by atoms with Crippen molar-refractivity contribution in [3.63, 3.8) is 0 Å². The molecule has 3 nitrogen and oxygen atoms in total. The Labute approximate surface area is 97.8 Å². The molecule has 1 saturated heterocycles. The molecule has 1 aliphatic rings. The molecule has 1 unspecified atom stereocenters. The van der Waals surface area contributed by atoms with Crippen LogP contribution in [0.2, 0.25) is 0 Å². The summed E-state index contributed by atoms with van der Waals surface area (Å²) in [7, 11) is 2.03. The monoisotopic (exact) mass is 222 g/mol. The first-order valence-electron chi connectivity index (χ1n) is 6.30. The van der Waals surface area contributed by atoms with Gasteiger partial charge < -0.3 is 9.73 Å². The molecule has 1 aromatic heterocycles. The quantitative estimate of drug-likeness (QED) is 0.828. The van der Waals surface area contributed by atoms with Gasteiger partial charge >= 0.3 is 0 Å². The lowest BCUT2D eigenvalue weighted by molar-refractivity contribution is 0.132. The largest absolute Gasteiger partial charge is 0.472 e. The van der Waals surface area contributed by atoms with Crippen LogP contribution >= 0.6 is 0 Å². The molecule has 1 aliphatic heterocycles. The third kappa shape index (κ3) is 3.09. The highest BCUT2D eigenvalue weighted by Crippen LogP contribution is 2.21. The molecule has 0 bridgehead atoms. The van der Waals surface area contributed by atoms with Gasteiger partial charge in [0.15, 0.2) is 0 Å². The van der Waals surface area contributed by atoms with E-state index in [1.165, 1.54) is 37.8 Å². The number of nitrogens with zero attached hydrogens (tertiary/aromatic N) is 1. The van der Waals surface area contributed by atoms with Gasteiger partial charge in [-0.2, -0.15) is 0 Å². The second-order valence-electron chi connectivity index (χ2n) is 4.64. The van der Waals surface area contributed by atoms with Crippen molar-refractivity contribution >= 4 is 0 Å². The SMILES string of the molecule is CNCCC1CCCCN1Cc1ccoc1. The normalized spacial score (nSPS) is 22.4. The molecule has 1 N–H and O–H groups in total. The number of piperidine rings is 1. The summed E-state index contributed by atoms with van der Waals surface area (Å²) < 4.78 is 5.13. The maximum Gasteiger partial charge on any atom is 0.0947 e. The fraction of sp³-hybridized carbons (Fsp3) is 0.692. The first-order valence-corrected chi connectivity index (χ1v) is 6.30. The third-order valence-electron chi connectivity index (χ3n) is 3.44. The molecule has 0 amide bonds. The van der Waals surface area contributed by atoms with Crippen molar-refractivity contribution in [2.45, 2.75) is 38.3 Å². The molecule has 0 spiro atoms. The summed E-state index contributed by atoms with van der Waals surface area (Å²) in [6, 6.07) is 2.82. The Kier molecular flexibility index (Phi) is 4.43. The van der Waals surface area contributed by atoms with E-state index in [-0.39, 0.29) is 0 Å². The summed E-state index contributed by atoms with van der Waals surface area (Å²) >= 11 is 0. The van der Waals surface area contributed by atoms with Crippen LogP contribution in [-0.4, -0.2) is 31.1 Å². The zero-order valence-corrected chi connectivity index (χ0v) is 10.1. The van der Waals surface area contributed by atoms with Crippen LogP contribution in [0.5, 0.6) is 0 Å². The minimum absolute atomic E-state index is 0.746. The maximum absolute atomic E-state index is 5.13. The molecular weight excluding hydrogens is 200 g/mol. The molecule has 0 aromatic carbocycles. The van der Waals surface area contributed by atoms with E-state index in [0.717, 1.165) is 19.1 Å². The van der Waals surface area contributed by atoms with Gasteiger partial charge in [-0.1, -0.05) is 6.42 Å². The van der Waals surface area contributed by atoms with Crippen LogP contribution in [0.1, 0.15) is 31.2 Å². The predicted molar refractivity (Wildman–Crippen MR) is 65.3 cm³/mol. The van der Waals surface area contributed by atoms with E-state index in [2.05, 4.69) is 16.3 Å². The Morgan fingerprint density at radius 3 is 3.19 bits per heavy atom. The first-order chi connectivity index (χ1) is 7.90. The molecule has 1 aromatic rings. The number of rotatable bonds is 5. The van der Waals surface area contributed by atoms with Gasteiger partial charge in [-0.15, -0.1) is 0 Å². The van der Waals surface area contributed by atoms with Crippen LogP contribution in [-0.2, 0) is 6.54 Å². The van der Waals surface area contributed by atoms with Crippen molar-refractivity contribution in [2.24, 2.45) is 0 Å². The average molecular weight is 222 g/mol. The van der Waals surface area contributed by atoms with Crippen molar-refractivity contribution in [3.8, 4) is 0 Å². The van der Waals surface area contributed by atoms with Gasteiger partial charge in [0.1, 0.15) is 0 Å². The highest BCUT2D eigenvalue weighted by Gasteiger charge is 2.21. The summed E-state index contributed by atoms with van der Waals surface area (Å²) in [5, 5.41) is 3.25. The zero-order chi connectivity index (χ0) is 11.2. The number of hydrogen-bond donors (Lipinski definition) is 1. The van der Waals surface area contributed by atoms with Crippen molar-refractivity contribution in [3.05, 3.63) is 24.2 Å². The Bertz CT molecular complexity index is 284. The number of hydrogen-bond acceptors (Lipinski definition) is 3. The highest BCUT2D eigenvalue weighted by atomic mass is 16.3. The smallest absolute Gasteiger partial charge is 0.0947 e. The van der Waals surface area contributed by atoms with E-state index < -0.39 is 0 Å². The molecular formula is C13H22N2O. The average Bonchev–Trinajstić information content (AvgIpc) is 2.81. The third-order valence-corrected chi connectivity index (χ3v) is 3.44. The van der Waals surface area contributed by atoms with Crippen LogP contribution in [0.25, 0.3) is 0 Å². The van der Waals surface area contributed by atoms with Gasteiger partial charge in [-0.05, 0) is 45.5 Å². The molecule has 0 radical (unpaired) electrons. The molecule has 3 heteroatoms. The molecule has 1 atom stereocenters. The van der Waals surface area contributed by atoms with Gasteiger partial charge in [0.25, 0.3) is 0 Å². The van der Waals surface area contributed by atoms with Crippen molar-refractivity contribution in [1.29, 1.82) is 0 Å². The summed E-state index contributed by atoms with van der Waals surface area (Å²) in [6.07, 6.45) is 8.96. The number of likely N-dealkylation sites (tertiary alicyclic amines) is 1. The van der Waals surface area contributed by atoms with Gasteiger partial charge in [0.2, 0.25) is 0 Å². The second-order valence-corrected chi connectivity index (χ2v) is 4.64. The molecule has 2 rings (SSSR count). The Morgan fingerprint density at radius 2 is 2.44 bits per heavy atom. The van der Waals surface area contributed by atoms with Crippen LogP contribution in [0, 0.1) is 0 Å². The Hall–Kier alpha value is -0.800. The summed E-state index contributed by atoms with van der Waals surface area (Å²) in [5.74, 6) is 0. The Morgan fingerprint density at radius 1 is 1.50 bits per heavy atom. The van der Waals surface area contributed by atoms with Gasteiger partial charge in [-0.25, -0.2) is 0 Å². The topological polar surface area (TPSA) is 28.4 Å². The van der Waals surface area contributed by atoms with Crippen molar-refractivity contribution in [1.82, 2.24) is 10.2 Å². The fourth-order valence-electron chi connectivity index (χ4n) is 2.52. The second kappa shape index (κ2) is 6.06. The molecule has 0 aliphatic carbocycles. The Balaban J connectivity index is 1.88. The summed E-state index contributed by atoms with van der Waals surface area (Å²) in [6.45, 7) is 3.40. The van der Waals surface area contributed by atoms with E-state index in [4.69, 9.17) is 4.42 Å². The molecule has 90 valence electrons. The minimum Gasteiger partial charge on any atom is -0.472 e. The van der Waals surface area contributed by atoms with Gasteiger partial charge in [-0.3, -0.25) is 4.90 Å². The van der Waals surface area contributed by atoms with Gasteiger partial charge in [0.05, 0.1) is 12.5 Å². The molecule has 0 saturated carbocycles. The van der Waals surface area contributed by atoms with Crippen LogP contribution in [0.4, 0.5) is 0 Å². The molecule has 1 fully saturated rings. The van der Waals surface area contributed by atoms with E-state index in [1.54, 1.807) is 6.26 Å². The molecule has 16 heavy (non-hydrogen) atoms. The fourth-order valence-corrected chi connectivity index (χ4v) is 2.52. The molecule has 2 heterocycles. The number of nitrogens with one attached hydrogen (secondary N) is 1. The zero-order valence-electron chi connectivity index (χ0n) is 10.1. The van der Waals surface area contributed by atoms with Crippen molar-refractivity contribution < 1.29 is 4.42 Å². The summed E-state index contributed by atoms with van der Waals surface area (Å²) in [4.78, 5) is 2.60. The maximum atomic E-state index is 5.13. The van der Waals surface area contributed by atoms with E-state index >= 15 is 0 Å². The first kappa shape index (κ1) is 11.7. The van der Waals surface area contributed by atoms with E-state index in [0.29, 0.717) is 0 Å².